The number of carboxylic acids is 1. The lowest BCUT2D eigenvalue weighted by Crippen LogP contribution is -2.59. The van der Waals surface area contributed by atoms with Crippen LogP contribution in [-0.4, -0.2) is 87.1 Å². The highest BCUT2D eigenvalue weighted by Crippen LogP contribution is 2.52. The minimum Gasteiger partial charge on any atom is -0.495 e. The molecule has 3 N–H and O–H groups in total. The molecule has 13 nitrogen and oxygen atoms in total. The SMILES string of the molecule is CC[C@@H]1C[C@]1(NC(=O)[C@@H]1C[C@@H](Oc2cc(-n3cccn3)cc3c(Cl)c(OC)ccc23)CN1C(=O)[C@@H](NC(=O)OC1C[C@@H]2C[C@@H]2C1)C(C)(C)C)C(=O)O. The number of carbonyl (C=O) groups excluding carboxylic acids is 3. The Morgan fingerprint density at radius 1 is 1.06 bits per heavy atom. The fraction of sp³-hybridized carbons (Fsp3) is 0.553. The summed E-state index contributed by atoms with van der Waals surface area (Å²) in [6, 6.07) is 6.94. The van der Waals surface area contributed by atoms with E-state index in [0.29, 0.717) is 57.7 Å². The number of hydrogen-bond donors (Lipinski definition) is 3. The zero-order valence-electron chi connectivity index (χ0n) is 30.1. The van der Waals surface area contributed by atoms with Crippen molar-refractivity contribution >= 4 is 46.3 Å². The van der Waals surface area contributed by atoms with E-state index in [4.69, 9.17) is 25.8 Å². The van der Waals surface area contributed by atoms with E-state index in [0.717, 1.165) is 12.8 Å². The molecule has 3 amide bonds. The van der Waals surface area contributed by atoms with Crippen molar-refractivity contribution in [1.82, 2.24) is 25.3 Å². The number of carboxylic acid groups (broad SMARTS) is 1. The first-order chi connectivity index (χ1) is 24.7. The molecule has 8 atom stereocenters. The average molecular weight is 736 g/mol. The van der Waals surface area contributed by atoms with Crippen molar-refractivity contribution in [1.29, 1.82) is 0 Å². The van der Waals surface area contributed by atoms with E-state index < -0.39 is 53.0 Å². The maximum Gasteiger partial charge on any atom is 0.408 e. The van der Waals surface area contributed by atoms with Crippen LogP contribution >= 0.6 is 11.6 Å². The highest BCUT2D eigenvalue weighted by Gasteiger charge is 2.61. The van der Waals surface area contributed by atoms with Gasteiger partial charge >= 0.3 is 12.1 Å². The van der Waals surface area contributed by atoms with Crippen LogP contribution in [-0.2, 0) is 19.1 Å². The summed E-state index contributed by atoms with van der Waals surface area (Å²) in [7, 11) is 1.53. The fourth-order valence-electron chi connectivity index (χ4n) is 8.16. The summed E-state index contributed by atoms with van der Waals surface area (Å²) < 4.78 is 19.5. The van der Waals surface area contributed by atoms with Gasteiger partial charge in [-0.25, -0.2) is 14.3 Å². The number of fused-ring (bicyclic) bond motifs is 2. The molecule has 14 heteroatoms. The van der Waals surface area contributed by atoms with Gasteiger partial charge in [-0.05, 0) is 73.1 Å². The Balaban J connectivity index is 1.19. The van der Waals surface area contributed by atoms with Crippen LogP contribution in [0.2, 0.25) is 5.02 Å². The number of benzene rings is 2. The second-order valence-electron chi connectivity index (χ2n) is 15.8. The van der Waals surface area contributed by atoms with Gasteiger partial charge in [0.25, 0.3) is 0 Å². The van der Waals surface area contributed by atoms with Gasteiger partial charge < -0.3 is 34.9 Å². The second kappa shape index (κ2) is 13.5. The van der Waals surface area contributed by atoms with Crippen LogP contribution in [0, 0.1) is 23.2 Å². The minimum absolute atomic E-state index is 0.000861. The van der Waals surface area contributed by atoms with E-state index in [1.54, 1.807) is 29.2 Å². The van der Waals surface area contributed by atoms with Gasteiger partial charge in [-0.2, -0.15) is 5.10 Å². The Bertz CT molecular complexity index is 1890. The fourth-order valence-corrected chi connectivity index (χ4v) is 8.46. The first-order valence-corrected chi connectivity index (χ1v) is 18.4. The number of aromatic nitrogens is 2. The standard InChI is InChI=1S/C38H46ClN5O8/c1-6-22-18-38(22,35(47)48)42-33(45)28-17-25(19-43(28)34(46)32(37(2,3)4)41-36(49)52-24-13-20-12-21(20)14-24)51-30-16-23(44-11-7-10-40-44)15-27-26(30)8-9-29(50-5)31(27)39/h7-11,15-16,20-22,24-25,28,32H,6,12-14,17-19H2,1-5H3,(H,41,49)(H,42,45)(H,47,48)/t20-,21+,22-,24?,25-,28+,32-,38-/m1/s1. The molecule has 7 rings (SSSR count). The van der Waals surface area contributed by atoms with Crippen molar-refractivity contribution in [2.45, 2.75) is 96.1 Å². The van der Waals surface area contributed by atoms with Crippen LogP contribution < -0.4 is 20.1 Å². The number of rotatable bonds is 11. The number of carbonyl (C=O) groups is 4. The highest BCUT2D eigenvalue weighted by atomic mass is 35.5. The average Bonchev–Trinajstić information content (AvgIpc) is 3.71. The molecule has 278 valence electrons. The van der Waals surface area contributed by atoms with Gasteiger partial charge in [0.1, 0.15) is 41.3 Å². The van der Waals surface area contributed by atoms with E-state index in [-0.39, 0.29) is 25.0 Å². The lowest BCUT2D eigenvalue weighted by Gasteiger charge is -2.35. The molecule has 2 heterocycles. The lowest BCUT2D eigenvalue weighted by atomic mass is 9.85. The molecule has 1 aliphatic heterocycles. The van der Waals surface area contributed by atoms with E-state index in [1.807, 2.05) is 45.9 Å². The zero-order valence-corrected chi connectivity index (χ0v) is 30.8. The summed E-state index contributed by atoms with van der Waals surface area (Å²) in [5.74, 6) is -0.235. The molecule has 0 radical (unpaired) electrons. The maximum atomic E-state index is 14.6. The van der Waals surface area contributed by atoms with E-state index in [2.05, 4.69) is 15.7 Å². The molecule has 3 aliphatic carbocycles. The molecule has 4 fully saturated rings. The van der Waals surface area contributed by atoms with Crippen LogP contribution in [0.3, 0.4) is 0 Å². The number of nitrogens with one attached hydrogen (secondary N) is 2. The Labute approximate surface area is 307 Å². The molecule has 1 unspecified atom stereocenters. The normalized spacial score (nSPS) is 28.2. The first kappa shape index (κ1) is 35.9. The summed E-state index contributed by atoms with van der Waals surface area (Å²) in [6.45, 7) is 7.38. The zero-order chi connectivity index (χ0) is 37.1. The maximum absolute atomic E-state index is 14.6. The Kier molecular flexibility index (Phi) is 9.29. The molecule has 0 spiro atoms. The Hall–Kier alpha value is -4.52. The third-order valence-corrected chi connectivity index (χ3v) is 11.7. The van der Waals surface area contributed by atoms with Crippen molar-refractivity contribution in [2.75, 3.05) is 13.7 Å². The number of alkyl carbamates (subject to hydrolysis) is 1. The quantitative estimate of drug-likeness (QED) is 0.236. The number of aliphatic carboxylic acids is 1. The van der Waals surface area contributed by atoms with Crippen molar-refractivity contribution in [3.05, 3.63) is 47.7 Å². The van der Waals surface area contributed by atoms with Crippen LogP contribution in [0.4, 0.5) is 4.79 Å². The van der Waals surface area contributed by atoms with Crippen molar-refractivity contribution in [3.8, 4) is 17.2 Å². The monoisotopic (exact) mass is 735 g/mol. The largest absolute Gasteiger partial charge is 0.495 e. The van der Waals surface area contributed by atoms with Gasteiger partial charge in [0.2, 0.25) is 11.8 Å². The third-order valence-electron chi connectivity index (χ3n) is 11.3. The van der Waals surface area contributed by atoms with Crippen LogP contribution in [0.25, 0.3) is 16.5 Å². The molecule has 0 bridgehead atoms. The highest BCUT2D eigenvalue weighted by molar-refractivity contribution is 6.37. The van der Waals surface area contributed by atoms with Crippen molar-refractivity contribution in [2.24, 2.45) is 23.2 Å². The second-order valence-corrected chi connectivity index (χ2v) is 16.2. The molecule has 2 aromatic carbocycles. The van der Waals surface area contributed by atoms with Gasteiger partial charge in [0, 0.05) is 35.7 Å². The molecule has 52 heavy (non-hydrogen) atoms. The Morgan fingerprint density at radius 3 is 2.42 bits per heavy atom. The number of methoxy groups -OCH3 is 1. The summed E-state index contributed by atoms with van der Waals surface area (Å²) in [6.07, 6.45) is 5.71. The number of ether oxygens (including phenoxy) is 3. The first-order valence-electron chi connectivity index (χ1n) is 18.0. The molecule has 1 saturated heterocycles. The van der Waals surface area contributed by atoms with E-state index in [9.17, 15) is 24.3 Å². The smallest absolute Gasteiger partial charge is 0.408 e. The molecular weight excluding hydrogens is 690 g/mol. The Morgan fingerprint density at radius 2 is 1.81 bits per heavy atom. The molecule has 3 aromatic rings. The third kappa shape index (κ3) is 6.75. The molecule has 1 aromatic heterocycles. The summed E-state index contributed by atoms with van der Waals surface area (Å²) in [4.78, 5) is 55.6. The number of nitrogens with zero attached hydrogens (tertiary/aromatic N) is 3. The van der Waals surface area contributed by atoms with E-state index in [1.165, 1.54) is 18.4 Å². The number of amides is 3. The van der Waals surface area contributed by atoms with Gasteiger partial charge in [-0.3, -0.25) is 9.59 Å². The number of hydrogen-bond acceptors (Lipinski definition) is 8. The van der Waals surface area contributed by atoms with E-state index >= 15 is 0 Å². The summed E-state index contributed by atoms with van der Waals surface area (Å²) >= 11 is 6.78. The van der Waals surface area contributed by atoms with Gasteiger partial charge in [0.15, 0.2) is 0 Å². The lowest BCUT2D eigenvalue weighted by molar-refractivity contribution is -0.146. The van der Waals surface area contributed by atoms with Gasteiger partial charge in [0.05, 0.1) is 24.4 Å². The van der Waals surface area contributed by atoms with Crippen molar-refractivity contribution < 1.29 is 38.5 Å². The summed E-state index contributed by atoms with van der Waals surface area (Å²) in [5, 5.41) is 21.8. The predicted molar refractivity (Wildman–Crippen MR) is 192 cm³/mol. The van der Waals surface area contributed by atoms with Gasteiger partial charge in [-0.1, -0.05) is 45.7 Å². The van der Waals surface area contributed by atoms with Gasteiger partial charge in [-0.15, -0.1) is 0 Å². The topological polar surface area (TPSA) is 161 Å². The summed E-state index contributed by atoms with van der Waals surface area (Å²) in [5.41, 5.74) is -1.48. The molecule has 4 aliphatic rings. The molecular formula is C38H46ClN5O8. The number of likely N-dealkylation sites (tertiary alicyclic amines) is 1. The van der Waals surface area contributed by atoms with Crippen LogP contribution in [0.1, 0.15) is 66.2 Å². The minimum atomic E-state index is -1.39. The number of halogens is 1. The predicted octanol–water partition coefficient (Wildman–Crippen LogP) is 5.34. The van der Waals surface area contributed by atoms with Crippen LogP contribution in [0.15, 0.2) is 42.7 Å². The molecule has 3 saturated carbocycles. The van der Waals surface area contributed by atoms with Crippen molar-refractivity contribution in [3.63, 3.8) is 0 Å². The van der Waals surface area contributed by atoms with Crippen LogP contribution in [0.5, 0.6) is 11.5 Å².